The van der Waals surface area contributed by atoms with Gasteiger partial charge in [-0.2, -0.15) is 4.98 Å². The van der Waals surface area contributed by atoms with Crippen molar-refractivity contribution in [1.82, 2.24) is 14.5 Å². The predicted octanol–water partition coefficient (Wildman–Crippen LogP) is 0.995. The number of nitrogens with two attached hydrogens (primary N) is 1. The third kappa shape index (κ3) is 3.46. The van der Waals surface area contributed by atoms with Crippen LogP contribution in [0.4, 0.5) is 5.95 Å². The number of aromatic nitrogens is 3. The van der Waals surface area contributed by atoms with E-state index in [0.717, 1.165) is 11.3 Å². The van der Waals surface area contributed by atoms with E-state index in [1.807, 2.05) is 0 Å². The third-order valence-electron chi connectivity index (χ3n) is 2.79. The SMILES string of the molecule is CCOP(=O)(CCn1c(=O)sc2c(=O)[nH]c(N)nc21)OCC. The number of fused-ring (bicyclic) bond motifs is 1. The quantitative estimate of drug-likeness (QED) is 0.714. The highest BCUT2D eigenvalue weighted by molar-refractivity contribution is 7.53. The van der Waals surface area contributed by atoms with Gasteiger partial charge < -0.3 is 14.8 Å². The summed E-state index contributed by atoms with van der Waals surface area (Å²) in [5, 5.41) is 0. The average molecular weight is 348 g/mol. The van der Waals surface area contributed by atoms with Gasteiger partial charge in [0.2, 0.25) is 5.95 Å². The zero-order chi connectivity index (χ0) is 16.3. The Morgan fingerprint density at radius 2 is 1.95 bits per heavy atom. The van der Waals surface area contributed by atoms with Crippen LogP contribution >= 0.6 is 18.9 Å². The molecule has 0 aliphatic heterocycles. The van der Waals surface area contributed by atoms with Gasteiger partial charge in [-0.1, -0.05) is 11.3 Å². The summed E-state index contributed by atoms with van der Waals surface area (Å²) in [4.78, 5) is 29.7. The van der Waals surface area contributed by atoms with Crippen molar-refractivity contribution in [3.63, 3.8) is 0 Å². The molecule has 0 spiro atoms. The lowest BCUT2D eigenvalue weighted by molar-refractivity contribution is 0.219. The van der Waals surface area contributed by atoms with Gasteiger partial charge in [0, 0.05) is 6.54 Å². The van der Waals surface area contributed by atoms with Crippen LogP contribution in [-0.4, -0.2) is 33.9 Å². The second-order valence-electron chi connectivity index (χ2n) is 4.29. The van der Waals surface area contributed by atoms with Crippen LogP contribution in [-0.2, 0) is 20.2 Å². The molecule has 0 bridgehead atoms. The molecule has 2 aromatic heterocycles. The monoisotopic (exact) mass is 348 g/mol. The van der Waals surface area contributed by atoms with Gasteiger partial charge in [-0.15, -0.1) is 0 Å². The maximum absolute atomic E-state index is 12.4. The normalized spacial score (nSPS) is 12.1. The Kier molecular flexibility index (Phi) is 5.17. The molecule has 0 unspecified atom stereocenters. The van der Waals surface area contributed by atoms with Gasteiger partial charge in [0.1, 0.15) is 4.70 Å². The summed E-state index contributed by atoms with van der Waals surface area (Å²) >= 11 is 0.766. The molecule has 0 aliphatic rings. The summed E-state index contributed by atoms with van der Waals surface area (Å²) in [6, 6.07) is 0. The fraction of sp³-hybridized carbons (Fsp3) is 0.545. The smallest absolute Gasteiger partial charge is 0.332 e. The zero-order valence-corrected chi connectivity index (χ0v) is 13.9. The number of hydrogen-bond donors (Lipinski definition) is 2. The van der Waals surface area contributed by atoms with Gasteiger partial charge >= 0.3 is 12.5 Å². The Hall–Kier alpha value is -1.48. The van der Waals surface area contributed by atoms with Crippen molar-refractivity contribution in [3.05, 3.63) is 20.0 Å². The van der Waals surface area contributed by atoms with Crippen LogP contribution in [0.2, 0.25) is 0 Å². The molecule has 0 radical (unpaired) electrons. The number of aromatic amines is 1. The van der Waals surface area contributed by atoms with Crippen LogP contribution in [0.25, 0.3) is 10.3 Å². The van der Waals surface area contributed by atoms with Crippen LogP contribution in [0, 0.1) is 0 Å². The van der Waals surface area contributed by atoms with E-state index in [0.29, 0.717) is 0 Å². The van der Waals surface area contributed by atoms with E-state index >= 15 is 0 Å². The van der Waals surface area contributed by atoms with E-state index in [9.17, 15) is 14.2 Å². The summed E-state index contributed by atoms with van der Waals surface area (Å²) in [6.07, 6.45) is 0.00873. The van der Waals surface area contributed by atoms with Gasteiger partial charge in [0.15, 0.2) is 5.65 Å². The number of nitrogen functional groups attached to an aromatic ring is 1. The Labute approximate surface area is 129 Å². The Balaban J connectivity index is 2.36. The van der Waals surface area contributed by atoms with Crippen molar-refractivity contribution in [3.8, 4) is 0 Å². The molecule has 3 N–H and O–H groups in total. The van der Waals surface area contributed by atoms with Crippen LogP contribution in [0.1, 0.15) is 13.8 Å². The maximum atomic E-state index is 12.4. The minimum absolute atomic E-state index is 0.00873. The molecular formula is C11H17N4O5PS. The van der Waals surface area contributed by atoms with E-state index in [1.54, 1.807) is 13.8 Å². The number of anilines is 1. The van der Waals surface area contributed by atoms with Crippen molar-refractivity contribution >= 4 is 35.2 Å². The standard InChI is InChI=1S/C11H17N4O5PS/c1-3-19-21(18,20-4-2)6-5-15-8-7(22-11(15)17)9(16)14-10(12)13-8/h3-6H2,1-2H3,(H3,12,13,14,16). The maximum Gasteiger partial charge on any atom is 0.332 e. The van der Waals surface area contributed by atoms with Gasteiger partial charge in [0.25, 0.3) is 5.56 Å². The number of thiazole rings is 1. The number of aryl methyl sites for hydroxylation is 1. The molecule has 0 saturated heterocycles. The van der Waals surface area contributed by atoms with E-state index < -0.39 is 13.2 Å². The number of rotatable bonds is 7. The first-order chi connectivity index (χ1) is 10.4. The van der Waals surface area contributed by atoms with Gasteiger partial charge in [-0.25, -0.2) is 0 Å². The van der Waals surface area contributed by atoms with Crippen molar-refractivity contribution in [1.29, 1.82) is 0 Å². The summed E-state index contributed by atoms with van der Waals surface area (Å²) < 4.78 is 24.2. The molecule has 22 heavy (non-hydrogen) atoms. The van der Waals surface area contributed by atoms with Crippen LogP contribution in [0.5, 0.6) is 0 Å². The van der Waals surface area contributed by atoms with Crippen molar-refractivity contribution in [2.75, 3.05) is 25.1 Å². The highest BCUT2D eigenvalue weighted by atomic mass is 32.1. The fourth-order valence-corrected chi connectivity index (χ4v) is 4.37. The zero-order valence-electron chi connectivity index (χ0n) is 12.2. The first kappa shape index (κ1) is 16.9. The number of H-pyrrole nitrogens is 1. The van der Waals surface area contributed by atoms with E-state index in [1.165, 1.54) is 4.57 Å². The largest absolute Gasteiger partial charge is 0.369 e. The molecule has 0 fully saturated rings. The molecule has 2 rings (SSSR count). The molecule has 0 amide bonds. The lowest BCUT2D eigenvalue weighted by Gasteiger charge is -2.16. The highest BCUT2D eigenvalue weighted by Gasteiger charge is 2.24. The second kappa shape index (κ2) is 6.74. The van der Waals surface area contributed by atoms with Crippen molar-refractivity contribution in [2.24, 2.45) is 0 Å². The molecule has 2 heterocycles. The van der Waals surface area contributed by atoms with Crippen molar-refractivity contribution < 1.29 is 13.6 Å². The van der Waals surface area contributed by atoms with E-state index in [4.69, 9.17) is 14.8 Å². The summed E-state index contributed by atoms with van der Waals surface area (Å²) in [7, 11) is -3.28. The van der Waals surface area contributed by atoms with Crippen LogP contribution < -0.4 is 16.2 Å². The molecule has 0 atom stereocenters. The van der Waals surface area contributed by atoms with E-state index in [2.05, 4.69) is 9.97 Å². The number of hydrogen-bond acceptors (Lipinski definition) is 8. The average Bonchev–Trinajstić information content (AvgIpc) is 2.74. The minimum atomic E-state index is -3.28. The van der Waals surface area contributed by atoms with Gasteiger partial charge in [0.05, 0.1) is 19.4 Å². The topological polar surface area (TPSA) is 129 Å². The summed E-state index contributed by atoms with van der Waals surface area (Å²) in [5.74, 6) is -0.0816. The summed E-state index contributed by atoms with van der Waals surface area (Å²) in [6.45, 7) is 3.95. The van der Waals surface area contributed by atoms with Gasteiger partial charge in [-0.3, -0.25) is 23.7 Å². The summed E-state index contributed by atoms with van der Waals surface area (Å²) in [5.41, 5.74) is 5.20. The third-order valence-corrected chi connectivity index (χ3v) is 5.81. The molecule has 2 aromatic rings. The lowest BCUT2D eigenvalue weighted by atomic mass is 10.5. The predicted molar refractivity (Wildman–Crippen MR) is 84.6 cm³/mol. The molecule has 0 aliphatic carbocycles. The first-order valence-electron chi connectivity index (χ1n) is 6.67. The highest BCUT2D eigenvalue weighted by Crippen LogP contribution is 2.47. The number of nitrogens with one attached hydrogen (secondary N) is 1. The molecule has 0 aromatic carbocycles. The van der Waals surface area contributed by atoms with E-state index in [-0.39, 0.29) is 47.1 Å². The molecule has 122 valence electrons. The first-order valence-corrected chi connectivity index (χ1v) is 9.22. The molecular weight excluding hydrogens is 331 g/mol. The Bertz CT molecular complexity index is 816. The van der Waals surface area contributed by atoms with Gasteiger partial charge in [-0.05, 0) is 13.8 Å². The van der Waals surface area contributed by atoms with Crippen LogP contribution in [0.15, 0.2) is 9.59 Å². The second-order valence-corrected chi connectivity index (χ2v) is 7.44. The minimum Gasteiger partial charge on any atom is -0.369 e. The molecule has 9 nitrogen and oxygen atoms in total. The fourth-order valence-electron chi connectivity index (χ4n) is 1.95. The molecule has 11 heteroatoms. The number of nitrogens with zero attached hydrogens (tertiary/aromatic N) is 2. The Morgan fingerprint density at radius 3 is 2.55 bits per heavy atom. The van der Waals surface area contributed by atoms with Crippen LogP contribution in [0.3, 0.4) is 0 Å². The van der Waals surface area contributed by atoms with Crippen molar-refractivity contribution in [2.45, 2.75) is 20.4 Å². The Morgan fingerprint density at radius 1 is 1.32 bits per heavy atom. The lowest BCUT2D eigenvalue weighted by Crippen LogP contribution is -2.18. The molecule has 0 saturated carbocycles.